The van der Waals surface area contributed by atoms with E-state index in [1.165, 1.54) is 4.57 Å². The Morgan fingerprint density at radius 3 is 2.72 bits per heavy atom. The second kappa shape index (κ2) is 6.53. The molecule has 1 saturated heterocycles. The molecule has 1 aliphatic rings. The zero-order valence-electron chi connectivity index (χ0n) is 14.1. The molecule has 136 valence electrons. The van der Waals surface area contributed by atoms with E-state index in [1.807, 2.05) is 0 Å². The van der Waals surface area contributed by atoms with E-state index >= 15 is 0 Å². The van der Waals surface area contributed by atoms with E-state index < -0.39 is 11.9 Å². The van der Waals surface area contributed by atoms with E-state index in [1.54, 1.807) is 35.9 Å². The van der Waals surface area contributed by atoms with Crippen LogP contribution in [0.15, 0.2) is 18.5 Å². The number of rotatable bonds is 3. The van der Waals surface area contributed by atoms with Gasteiger partial charge >= 0.3 is 6.18 Å². The van der Waals surface area contributed by atoms with Crippen LogP contribution in [0, 0.1) is 0 Å². The zero-order chi connectivity index (χ0) is 18.2. The fourth-order valence-corrected chi connectivity index (χ4v) is 3.25. The molecule has 3 rings (SSSR count). The monoisotopic (exact) mass is 355 g/mol. The summed E-state index contributed by atoms with van der Waals surface area (Å²) >= 11 is 0. The third kappa shape index (κ3) is 3.69. The predicted octanol–water partition coefficient (Wildman–Crippen LogP) is 2.12. The number of halogens is 3. The number of nitrogens with zero attached hydrogens (tertiary/aromatic N) is 5. The van der Waals surface area contributed by atoms with Gasteiger partial charge in [-0.15, -0.1) is 0 Å². The van der Waals surface area contributed by atoms with Crippen molar-refractivity contribution in [2.24, 2.45) is 14.1 Å². The van der Waals surface area contributed by atoms with Crippen molar-refractivity contribution >= 4 is 5.91 Å². The molecule has 0 radical (unpaired) electrons. The lowest BCUT2D eigenvalue weighted by molar-refractivity contribution is -0.141. The molecule has 1 aliphatic heterocycles. The van der Waals surface area contributed by atoms with Gasteiger partial charge in [-0.2, -0.15) is 18.3 Å². The van der Waals surface area contributed by atoms with Crippen molar-refractivity contribution in [2.45, 2.75) is 31.4 Å². The van der Waals surface area contributed by atoms with E-state index in [0.717, 1.165) is 24.7 Å². The van der Waals surface area contributed by atoms with Gasteiger partial charge in [0.1, 0.15) is 5.82 Å². The Morgan fingerprint density at radius 1 is 1.36 bits per heavy atom. The van der Waals surface area contributed by atoms with E-state index in [9.17, 15) is 18.0 Å². The molecule has 1 fully saturated rings. The Kier molecular flexibility index (Phi) is 4.57. The van der Waals surface area contributed by atoms with Crippen LogP contribution in [0.5, 0.6) is 0 Å². The fourth-order valence-electron chi connectivity index (χ4n) is 3.25. The first-order valence-corrected chi connectivity index (χ1v) is 8.11. The van der Waals surface area contributed by atoms with Gasteiger partial charge in [0.25, 0.3) is 0 Å². The van der Waals surface area contributed by atoms with Crippen LogP contribution in [0.4, 0.5) is 13.2 Å². The molecule has 6 nitrogen and oxygen atoms in total. The molecule has 2 aromatic rings. The minimum Gasteiger partial charge on any atom is -0.342 e. The summed E-state index contributed by atoms with van der Waals surface area (Å²) in [6.07, 6.45) is -0.120. The third-order valence-corrected chi connectivity index (χ3v) is 4.60. The number of carbonyl (C=O) groups is 1. The van der Waals surface area contributed by atoms with Crippen LogP contribution in [0.1, 0.15) is 36.0 Å². The van der Waals surface area contributed by atoms with Crippen molar-refractivity contribution in [3.63, 3.8) is 0 Å². The quantitative estimate of drug-likeness (QED) is 0.848. The summed E-state index contributed by atoms with van der Waals surface area (Å²) in [4.78, 5) is 18.0. The first-order valence-electron chi connectivity index (χ1n) is 8.11. The number of aryl methyl sites for hydroxylation is 2. The van der Waals surface area contributed by atoms with Crippen molar-refractivity contribution in [1.29, 1.82) is 0 Å². The van der Waals surface area contributed by atoms with Crippen molar-refractivity contribution in [3.05, 3.63) is 35.7 Å². The van der Waals surface area contributed by atoms with Gasteiger partial charge in [-0.25, -0.2) is 4.98 Å². The van der Waals surface area contributed by atoms with Gasteiger partial charge in [-0.05, 0) is 18.9 Å². The van der Waals surface area contributed by atoms with Gasteiger partial charge in [-0.3, -0.25) is 9.48 Å². The lowest BCUT2D eigenvalue weighted by atomic mass is 9.96. The SMILES string of the molecule is Cn1cc(C(F)(F)F)nc1C1CCCN(C(=O)Cc2ccnn2C)C1. The van der Waals surface area contributed by atoms with Crippen LogP contribution in [0.2, 0.25) is 0 Å². The molecule has 0 spiro atoms. The fraction of sp³-hybridized carbons (Fsp3) is 0.562. The Morgan fingerprint density at radius 2 is 2.12 bits per heavy atom. The van der Waals surface area contributed by atoms with Gasteiger partial charge in [0, 0.05) is 51.2 Å². The number of piperidine rings is 1. The average Bonchev–Trinajstić information content (AvgIpc) is 3.13. The second-order valence-corrected chi connectivity index (χ2v) is 6.39. The number of imidazole rings is 1. The number of amides is 1. The Bertz CT molecular complexity index is 764. The molecule has 1 amide bonds. The summed E-state index contributed by atoms with van der Waals surface area (Å²) in [6, 6.07) is 1.79. The third-order valence-electron chi connectivity index (χ3n) is 4.60. The number of carbonyl (C=O) groups excluding carboxylic acids is 1. The lowest BCUT2D eigenvalue weighted by Crippen LogP contribution is -2.40. The van der Waals surface area contributed by atoms with Gasteiger partial charge < -0.3 is 9.47 Å². The smallest absolute Gasteiger partial charge is 0.342 e. The van der Waals surface area contributed by atoms with Crippen LogP contribution in [0.25, 0.3) is 0 Å². The number of alkyl halides is 3. The Hall–Kier alpha value is -2.32. The molecule has 0 saturated carbocycles. The van der Waals surface area contributed by atoms with E-state index in [-0.39, 0.29) is 18.2 Å². The largest absolute Gasteiger partial charge is 0.434 e. The summed E-state index contributed by atoms with van der Waals surface area (Å²) in [7, 11) is 3.34. The van der Waals surface area contributed by atoms with Crippen LogP contribution in [-0.4, -0.2) is 43.2 Å². The standard InChI is InChI=1S/C16H20F3N5O/c1-22-10-13(16(17,18)19)21-15(22)11-4-3-7-24(9-11)14(25)8-12-5-6-20-23(12)2/h5-6,10-11H,3-4,7-9H2,1-2H3. The van der Waals surface area contributed by atoms with E-state index in [4.69, 9.17) is 0 Å². The average molecular weight is 355 g/mol. The number of aromatic nitrogens is 4. The van der Waals surface area contributed by atoms with Crippen LogP contribution >= 0.6 is 0 Å². The maximum atomic E-state index is 12.9. The van der Waals surface area contributed by atoms with Crippen molar-refractivity contribution in [3.8, 4) is 0 Å². The highest BCUT2D eigenvalue weighted by molar-refractivity contribution is 5.78. The van der Waals surface area contributed by atoms with Crippen LogP contribution in [0.3, 0.4) is 0 Å². The van der Waals surface area contributed by atoms with Gasteiger partial charge in [0.05, 0.1) is 6.42 Å². The molecular formula is C16H20F3N5O. The first kappa shape index (κ1) is 17.5. The molecule has 0 bridgehead atoms. The minimum atomic E-state index is -4.46. The molecule has 3 heterocycles. The summed E-state index contributed by atoms with van der Waals surface area (Å²) in [5, 5.41) is 4.04. The Labute approximate surface area is 143 Å². The first-order chi connectivity index (χ1) is 11.8. The van der Waals surface area contributed by atoms with Crippen molar-refractivity contribution in [1.82, 2.24) is 24.2 Å². The normalized spacial score (nSPS) is 18.6. The number of hydrogen-bond acceptors (Lipinski definition) is 3. The van der Waals surface area contributed by atoms with Gasteiger partial charge in [0.15, 0.2) is 5.69 Å². The highest BCUT2D eigenvalue weighted by Crippen LogP contribution is 2.32. The number of likely N-dealkylation sites (tertiary alicyclic amines) is 1. The zero-order valence-corrected chi connectivity index (χ0v) is 14.1. The summed E-state index contributed by atoms with van der Waals surface area (Å²) in [5.41, 5.74) is -0.0770. The molecule has 0 N–H and O–H groups in total. The molecule has 2 aromatic heterocycles. The minimum absolute atomic E-state index is 0.0430. The molecule has 1 unspecified atom stereocenters. The maximum Gasteiger partial charge on any atom is 0.434 e. The van der Waals surface area contributed by atoms with Crippen molar-refractivity contribution in [2.75, 3.05) is 13.1 Å². The molecule has 9 heteroatoms. The van der Waals surface area contributed by atoms with E-state index in [2.05, 4.69) is 10.1 Å². The number of hydrogen-bond donors (Lipinski definition) is 0. The van der Waals surface area contributed by atoms with Crippen LogP contribution < -0.4 is 0 Å². The summed E-state index contributed by atoms with van der Waals surface area (Å²) in [6.45, 7) is 1.00. The predicted molar refractivity (Wildman–Crippen MR) is 83.7 cm³/mol. The highest BCUT2D eigenvalue weighted by Gasteiger charge is 2.36. The Balaban J connectivity index is 1.72. The summed E-state index contributed by atoms with van der Waals surface area (Å²) < 4.78 is 41.6. The molecule has 0 aromatic carbocycles. The highest BCUT2D eigenvalue weighted by atomic mass is 19.4. The van der Waals surface area contributed by atoms with Crippen molar-refractivity contribution < 1.29 is 18.0 Å². The summed E-state index contributed by atoms with van der Waals surface area (Å²) in [5.74, 6) is 0.147. The maximum absolute atomic E-state index is 12.9. The van der Waals surface area contributed by atoms with Gasteiger partial charge in [0.2, 0.25) is 5.91 Å². The topological polar surface area (TPSA) is 56.0 Å². The van der Waals surface area contributed by atoms with E-state index in [0.29, 0.717) is 18.9 Å². The molecule has 1 atom stereocenters. The van der Waals surface area contributed by atoms with Crippen LogP contribution in [-0.2, 0) is 31.5 Å². The van der Waals surface area contributed by atoms with Gasteiger partial charge in [-0.1, -0.05) is 0 Å². The molecule has 0 aliphatic carbocycles. The molecular weight excluding hydrogens is 335 g/mol. The molecule has 25 heavy (non-hydrogen) atoms. The second-order valence-electron chi connectivity index (χ2n) is 6.39. The lowest BCUT2D eigenvalue weighted by Gasteiger charge is -2.32.